The number of hydrogen-bond acceptors (Lipinski definition) is 3. The maximum absolute atomic E-state index is 12.8. The molecule has 138 valence electrons. The highest BCUT2D eigenvalue weighted by atomic mass is 19.4. The quantitative estimate of drug-likeness (QED) is 0.680. The fourth-order valence-electron chi connectivity index (χ4n) is 2.46. The minimum atomic E-state index is -4.66. The van der Waals surface area contributed by atoms with Gasteiger partial charge in [0.2, 0.25) is 0 Å². The fraction of sp³-hybridized carbons (Fsp3) is 0.100. The average molecular weight is 373 g/mol. The normalized spacial score (nSPS) is 11.2. The molecule has 0 saturated heterocycles. The summed E-state index contributed by atoms with van der Waals surface area (Å²) in [5, 5.41) is 9.25. The van der Waals surface area contributed by atoms with Crippen LogP contribution in [0.3, 0.4) is 0 Å². The van der Waals surface area contributed by atoms with Gasteiger partial charge in [-0.3, -0.25) is 4.98 Å². The third kappa shape index (κ3) is 4.44. The third-order valence-corrected chi connectivity index (χ3v) is 3.82. The summed E-state index contributed by atoms with van der Waals surface area (Å²) in [7, 11) is 0. The number of rotatable bonds is 5. The van der Waals surface area contributed by atoms with Gasteiger partial charge in [-0.25, -0.2) is 4.79 Å². The van der Waals surface area contributed by atoms with Crippen molar-refractivity contribution in [2.75, 3.05) is 0 Å². The van der Waals surface area contributed by atoms with Gasteiger partial charge in [0.15, 0.2) is 0 Å². The molecule has 0 fully saturated rings. The number of hydrogen-bond donors (Lipinski definition) is 1. The highest BCUT2D eigenvalue weighted by molar-refractivity contribution is 5.95. The molecular formula is C20H14F3NO3. The molecule has 4 nitrogen and oxygen atoms in total. The van der Waals surface area contributed by atoms with Gasteiger partial charge in [-0.05, 0) is 35.9 Å². The molecule has 0 aliphatic heterocycles. The summed E-state index contributed by atoms with van der Waals surface area (Å²) in [6, 6.07) is 16.5. The zero-order valence-electron chi connectivity index (χ0n) is 13.9. The number of aromatic nitrogens is 1. The lowest BCUT2D eigenvalue weighted by atomic mass is 10.0. The van der Waals surface area contributed by atoms with Crippen LogP contribution in [0.5, 0.6) is 5.75 Å². The largest absolute Gasteiger partial charge is 0.489 e. The number of nitrogens with zero attached hydrogens (tertiary/aromatic N) is 1. The van der Waals surface area contributed by atoms with Crippen LogP contribution in [-0.2, 0) is 12.8 Å². The SMILES string of the molecule is O=C(O)c1cc(C(F)(F)F)cnc1-c1ccc(OCc2ccccc2)cc1. The van der Waals surface area contributed by atoms with E-state index in [2.05, 4.69) is 4.98 Å². The first kappa shape index (κ1) is 18.4. The molecule has 0 spiro atoms. The van der Waals surface area contributed by atoms with Crippen molar-refractivity contribution in [1.82, 2.24) is 4.98 Å². The Balaban J connectivity index is 1.83. The Kier molecular flexibility index (Phi) is 5.12. The van der Waals surface area contributed by atoms with Gasteiger partial charge in [-0.2, -0.15) is 13.2 Å². The molecule has 3 aromatic rings. The summed E-state index contributed by atoms with van der Waals surface area (Å²) in [4.78, 5) is 15.1. The molecule has 7 heteroatoms. The molecule has 27 heavy (non-hydrogen) atoms. The van der Waals surface area contributed by atoms with Crippen LogP contribution in [0.1, 0.15) is 21.5 Å². The number of carbonyl (C=O) groups is 1. The Morgan fingerprint density at radius 1 is 1.04 bits per heavy atom. The van der Waals surface area contributed by atoms with Gasteiger partial charge >= 0.3 is 12.1 Å². The summed E-state index contributed by atoms with van der Waals surface area (Å²) in [5.74, 6) is -0.931. The van der Waals surface area contributed by atoms with Crippen LogP contribution in [0, 0.1) is 0 Å². The first-order valence-electron chi connectivity index (χ1n) is 7.92. The minimum Gasteiger partial charge on any atom is -0.489 e. The van der Waals surface area contributed by atoms with Gasteiger partial charge in [0.05, 0.1) is 16.8 Å². The zero-order chi connectivity index (χ0) is 19.4. The first-order chi connectivity index (χ1) is 12.8. The molecule has 1 heterocycles. The van der Waals surface area contributed by atoms with Crippen LogP contribution < -0.4 is 4.74 Å². The van der Waals surface area contributed by atoms with Crippen molar-refractivity contribution in [1.29, 1.82) is 0 Å². The lowest BCUT2D eigenvalue weighted by Crippen LogP contribution is -2.10. The maximum atomic E-state index is 12.8. The lowest BCUT2D eigenvalue weighted by molar-refractivity contribution is -0.137. The first-order valence-corrected chi connectivity index (χ1v) is 7.92. The van der Waals surface area contributed by atoms with Gasteiger partial charge in [-0.1, -0.05) is 30.3 Å². The Morgan fingerprint density at radius 3 is 2.30 bits per heavy atom. The van der Waals surface area contributed by atoms with Gasteiger partial charge in [0.25, 0.3) is 0 Å². The summed E-state index contributed by atoms with van der Waals surface area (Å²) in [6.45, 7) is 0.360. The molecule has 0 radical (unpaired) electrons. The molecule has 0 amide bonds. The number of pyridine rings is 1. The minimum absolute atomic E-state index is 0.0369. The van der Waals surface area contributed by atoms with Crippen LogP contribution in [-0.4, -0.2) is 16.1 Å². The van der Waals surface area contributed by atoms with Crippen LogP contribution in [0.15, 0.2) is 66.9 Å². The average Bonchev–Trinajstić information content (AvgIpc) is 2.66. The monoisotopic (exact) mass is 373 g/mol. The Hall–Kier alpha value is -3.35. The predicted molar refractivity (Wildman–Crippen MR) is 92.4 cm³/mol. The maximum Gasteiger partial charge on any atom is 0.417 e. The summed E-state index contributed by atoms with van der Waals surface area (Å²) in [5.41, 5.74) is -0.285. The van der Waals surface area contributed by atoms with E-state index in [1.807, 2.05) is 30.3 Å². The number of aromatic carboxylic acids is 1. The molecule has 1 N–H and O–H groups in total. The van der Waals surface area contributed by atoms with Crippen molar-refractivity contribution >= 4 is 5.97 Å². The summed E-state index contributed by atoms with van der Waals surface area (Å²) >= 11 is 0. The van der Waals surface area contributed by atoms with Crippen molar-refractivity contribution in [3.63, 3.8) is 0 Å². The number of carboxylic acids is 1. The van der Waals surface area contributed by atoms with E-state index in [4.69, 9.17) is 4.74 Å². The summed E-state index contributed by atoms with van der Waals surface area (Å²) < 4.78 is 44.0. The van der Waals surface area contributed by atoms with Crippen molar-refractivity contribution in [3.8, 4) is 17.0 Å². The van der Waals surface area contributed by atoms with E-state index >= 15 is 0 Å². The van der Waals surface area contributed by atoms with E-state index < -0.39 is 23.3 Å². The summed E-state index contributed by atoms with van der Waals surface area (Å²) in [6.07, 6.45) is -4.04. The lowest BCUT2D eigenvalue weighted by Gasteiger charge is -2.11. The topological polar surface area (TPSA) is 59.4 Å². The molecule has 0 bridgehead atoms. The second-order valence-electron chi connectivity index (χ2n) is 5.72. The van der Waals surface area contributed by atoms with Gasteiger partial charge in [0.1, 0.15) is 12.4 Å². The zero-order valence-corrected chi connectivity index (χ0v) is 13.9. The molecule has 0 atom stereocenters. The molecule has 1 aromatic heterocycles. The van der Waals surface area contributed by atoms with E-state index in [0.29, 0.717) is 30.2 Å². The number of carboxylic acid groups (broad SMARTS) is 1. The molecule has 0 aliphatic carbocycles. The van der Waals surface area contributed by atoms with Crippen molar-refractivity contribution in [3.05, 3.63) is 83.6 Å². The molecular weight excluding hydrogens is 359 g/mol. The van der Waals surface area contributed by atoms with Crippen molar-refractivity contribution < 1.29 is 27.8 Å². The van der Waals surface area contributed by atoms with Crippen LogP contribution >= 0.6 is 0 Å². The molecule has 0 aliphatic rings. The fourth-order valence-corrected chi connectivity index (χ4v) is 2.46. The predicted octanol–water partition coefficient (Wildman–Crippen LogP) is 5.04. The highest BCUT2D eigenvalue weighted by Gasteiger charge is 2.32. The van der Waals surface area contributed by atoms with E-state index in [1.165, 1.54) is 0 Å². The Bertz CT molecular complexity index is 939. The van der Waals surface area contributed by atoms with Crippen molar-refractivity contribution in [2.45, 2.75) is 12.8 Å². The van der Waals surface area contributed by atoms with E-state index in [9.17, 15) is 23.1 Å². The van der Waals surface area contributed by atoms with Crippen LogP contribution in [0.25, 0.3) is 11.3 Å². The molecule has 2 aromatic carbocycles. The van der Waals surface area contributed by atoms with Gasteiger partial charge in [0, 0.05) is 11.8 Å². The number of benzene rings is 2. The second-order valence-corrected chi connectivity index (χ2v) is 5.72. The number of alkyl halides is 3. The molecule has 0 unspecified atom stereocenters. The molecule has 3 rings (SSSR count). The Labute approximate surface area is 152 Å². The highest BCUT2D eigenvalue weighted by Crippen LogP contribution is 2.32. The van der Waals surface area contributed by atoms with Crippen molar-refractivity contribution in [2.24, 2.45) is 0 Å². The van der Waals surface area contributed by atoms with Crippen LogP contribution in [0.4, 0.5) is 13.2 Å². The second kappa shape index (κ2) is 7.49. The van der Waals surface area contributed by atoms with Gasteiger partial charge in [-0.15, -0.1) is 0 Å². The van der Waals surface area contributed by atoms with E-state index in [0.717, 1.165) is 5.56 Å². The van der Waals surface area contributed by atoms with Crippen LogP contribution in [0.2, 0.25) is 0 Å². The number of ether oxygens (including phenoxy) is 1. The standard InChI is InChI=1S/C20H14F3NO3/c21-20(22,23)15-10-17(19(25)26)18(24-11-15)14-6-8-16(9-7-14)27-12-13-4-2-1-3-5-13/h1-11H,12H2,(H,25,26). The Morgan fingerprint density at radius 2 is 1.70 bits per heavy atom. The van der Waals surface area contributed by atoms with E-state index in [1.54, 1.807) is 24.3 Å². The smallest absolute Gasteiger partial charge is 0.417 e. The van der Waals surface area contributed by atoms with E-state index in [-0.39, 0.29) is 5.69 Å². The molecule has 0 saturated carbocycles. The van der Waals surface area contributed by atoms with Gasteiger partial charge < -0.3 is 9.84 Å². The number of halogens is 3. The third-order valence-electron chi connectivity index (χ3n) is 3.82.